The first-order valence-electron chi connectivity index (χ1n) is 22.0. The molecule has 1 nitrogen and oxygen atoms in total. The van der Waals surface area contributed by atoms with Gasteiger partial charge in [-0.25, -0.2) is 0 Å². The Morgan fingerprint density at radius 3 is 1.45 bits per heavy atom. The molecule has 298 valence electrons. The molecule has 64 heavy (non-hydrogen) atoms. The Morgan fingerprint density at radius 2 is 0.766 bits per heavy atom. The number of hydrogen-bond acceptors (Lipinski definition) is 1. The number of aromatic nitrogens is 1. The van der Waals surface area contributed by atoms with Crippen molar-refractivity contribution in [3.8, 4) is 61.3 Å². The van der Waals surface area contributed by atoms with Gasteiger partial charge in [-0.2, -0.15) is 0 Å². The average molecular weight is 830 g/mol. The maximum atomic E-state index is 2.48. The molecule has 13 aromatic rings. The van der Waals surface area contributed by atoms with E-state index in [-0.39, 0.29) is 0 Å². The third-order valence-electron chi connectivity index (χ3n) is 13.2. The van der Waals surface area contributed by atoms with Gasteiger partial charge in [0.1, 0.15) is 0 Å². The van der Waals surface area contributed by atoms with Crippen molar-refractivity contribution < 1.29 is 0 Å². The van der Waals surface area contributed by atoms with Crippen molar-refractivity contribution in [3.63, 3.8) is 0 Å². The summed E-state index contributed by atoms with van der Waals surface area (Å²) in [7, 11) is 0. The molecule has 0 N–H and O–H groups in total. The van der Waals surface area contributed by atoms with Crippen LogP contribution in [-0.4, -0.2) is 4.57 Å². The summed E-state index contributed by atoms with van der Waals surface area (Å²) in [6.07, 6.45) is 0. The Hall–Kier alpha value is -8.04. The van der Waals surface area contributed by atoms with Gasteiger partial charge in [0.2, 0.25) is 0 Å². The van der Waals surface area contributed by atoms with E-state index in [9.17, 15) is 0 Å². The summed E-state index contributed by atoms with van der Waals surface area (Å²) < 4.78 is 5.14. The van der Waals surface area contributed by atoms with Crippen LogP contribution in [0.3, 0.4) is 0 Å². The van der Waals surface area contributed by atoms with Crippen LogP contribution in [0.4, 0.5) is 0 Å². The zero-order chi connectivity index (χ0) is 42.1. The molecule has 0 aliphatic rings. The van der Waals surface area contributed by atoms with Gasteiger partial charge in [-0.3, -0.25) is 0 Å². The van der Waals surface area contributed by atoms with Crippen LogP contribution >= 0.6 is 11.3 Å². The fourth-order valence-corrected chi connectivity index (χ4v) is 11.7. The van der Waals surface area contributed by atoms with Gasteiger partial charge < -0.3 is 4.57 Å². The predicted molar refractivity (Wildman–Crippen MR) is 276 cm³/mol. The molecule has 0 saturated heterocycles. The van der Waals surface area contributed by atoms with Gasteiger partial charge in [-0.05, 0) is 114 Å². The van der Waals surface area contributed by atoms with Gasteiger partial charge >= 0.3 is 0 Å². The minimum atomic E-state index is 1.13. The van der Waals surface area contributed by atoms with Crippen molar-refractivity contribution in [1.29, 1.82) is 0 Å². The van der Waals surface area contributed by atoms with E-state index < -0.39 is 0 Å². The lowest BCUT2D eigenvalue weighted by atomic mass is 9.82. The maximum Gasteiger partial charge on any atom is 0.0541 e. The normalized spacial score (nSPS) is 11.8. The second kappa shape index (κ2) is 14.8. The summed E-state index contributed by atoms with van der Waals surface area (Å²) in [5.41, 5.74) is 15.8. The third-order valence-corrected chi connectivity index (χ3v) is 14.4. The van der Waals surface area contributed by atoms with Crippen LogP contribution in [0.5, 0.6) is 0 Å². The summed E-state index contributed by atoms with van der Waals surface area (Å²) in [6.45, 7) is 0. The lowest BCUT2D eigenvalue weighted by Gasteiger charge is -2.22. The molecule has 0 unspecified atom stereocenters. The van der Waals surface area contributed by atoms with Crippen molar-refractivity contribution in [1.82, 2.24) is 4.57 Å². The second-order valence-electron chi connectivity index (χ2n) is 16.7. The zero-order valence-electron chi connectivity index (χ0n) is 34.9. The Balaban J connectivity index is 1.11. The highest BCUT2D eigenvalue weighted by molar-refractivity contribution is 7.26. The van der Waals surface area contributed by atoms with Gasteiger partial charge in [0, 0.05) is 36.6 Å². The first-order chi connectivity index (χ1) is 31.8. The fraction of sp³-hybridized carbons (Fsp3) is 0. The van der Waals surface area contributed by atoms with Crippen LogP contribution < -0.4 is 0 Å². The van der Waals surface area contributed by atoms with E-state index in [1.807, 2.05) is 11.3 Å². The molecule has 2 heteroatoms. The van der Waals surface area contributed by atoms with E-state index in [0.717, 1.165) is 5.69 Å². The highest BCUT2D eigenvalue weighted by Gasteiger charge is 2.23. The molecule has 0 aliphatic heterocycles. The van der Waals surface area contributed by atoms with Gasteiger partial charge in [0.25, 0.3) is 0 Å². The average Bonchev–Trinajstić information content (AvgIpc) is 3.92. The molecule has 0 atom stereocenters. The Kier molecular flexibility index (Phi) is 8.47. The lowest BCUT2D eigenvalue weighted by molar-refractivity contribution is 1.19. The minimum absolute atomic E-state index is 1.13. The largest absolute Gasteiger partial charge is 0.309 e. The summed E-state index contributed by atoms with van der Waals surface area (Å²) >= 11 is 1.89. The quantitative estimate of drug-likeness (QED) is 0.147. The molecule has 0 fully saturated rings. The van der Waals surface area contributed by atoms with Crippen LogP contribution in [0.2, 0.25) is 0 Å². The van der Waals surface area contributed by atoms with Gasteiger partial charge in [0.05, 0.1) is 11.0 Å². The van der Waals surface area contributed by atoms with Gasteiger partial charge in [-0.1, -0.05) is 200 Å². The SMILES string of the molecule is c1ccc(-c2ccccc2-c2c3ccccc3c(-c3ccccc3-c3ccccc3)c3cc(-n4c5ccccc5c5cc(-c6cccc7c6sc6ccccc67)ccc54)ccc23)cc1. The zero-order valence-corrected chi connectivity index (χ0v) is 35.7. The first kappa shape index (κ1) is 36.6. The second-order valence-corrected chi connectivity index (χ2v) is 17.8. The van der Waals surface area contributed by atoms with E-state index in [4.69, 9.17) is 0 Å². The monoisotopic (exact) mass is 829 g/mol. The summed E-state index contributed by atoms with van der Waals surface area (Å²) in [5.74, 6) is 0. The van der Waals surface area contributed by atoms with Crippen LogP contribution in [0, 0.1) is 0 Å². The van der Waals surface area contributed by atoms with Crippen molar-refractivity contribution in [2.24, 2.45) is 0 Å². The topological polar surface area (TPSA) is 4.93 Å². The standard InChI is InChI=1S/C62H39NS/c1-3-18-40(19-4-1)44-22-7-9-26-49(44)60-51-28-11-12-29-52(51)61(50-27-10-8-23-45(50)41-20-5-2-6-21-41)56-39-43(35-36-53(56)60)63-57-32-15-13-24-47(57)55-38-42(34-37-58(55)63)46-30-17-31-54-48-25-14-16-33-59(48)64-62(46)54/h1-39H. The van der Waals surface area contributed by atoms with Crippen LogP contribution in [0.25, 0.3) is 125 Å². The Labute approximate surface area is 375 Å². The van der Waals surface area contributed by atoms with Gasteiger partial charge in [0.15, 0.2) is 0 Å². The number of benzene rings is 11. The molecule has 0 aliphatic carbocycles. The van der Waals surface area contributed by atoms with Crippen molar-refractivity contribution in [3.05, 3.63) is 237 Å². The van der Waals surface area contributed by atoms with E-state index in [0.29, 0.717) is 0 Å². The molecule has 0 spiro atoms. The van der Waals surface area contributed by atoms with E-state index in [1.54, 1.807) is 0 Å². The summed E-state index contributed by atoms with van der Waals surface area (Å²) in [5, 5.41) is 10.0. The molecule has 2 heterocycles. The van der Waals surface area contributed by atoms with Crippen molar-refractivity contribution in [2.75, 3.05) is 0 Å². The number of para-hydroxylation sites is 1. The molecule has 0 bridgehead atoms. The first-order valence-corrected chi connectivity index (χ1v) is 22.8. The highest BCUT2D eigenvalue weighted by atomic mass is 32.1. The molecule has 0 amide bonds. The van der Waals surface area contributed by atoms with Crippen LogP contribution in [0.1, 0.15) is 0 Å². The van der Waals surface area contributed by atoms with E-state index in [2.05, 4.69) is 241 Å². The molecular formula is C62H39NS. The fourth-order valence-electron chi connectivity index (χ4n) is 10.4. The van der Waals surface area contributed by atoms with Crippen molar-refractivity contribution in [2.45, 2.75) is 0 Å². The molecule has 2 aromatic heterocycles. The Bertz CT molecular complexity index is 3950. The summed E-state index contributed by atoms with van der Waals surface area (Å²) in [6, 6.07) is 87.3. The maximum absolute atomic E-state index is 2.48. The third kappa shape index (κ3) is 5.70. The predicted octanol–water partition coefficient (Wildman–Crippen LogP) is 17.8. The van der Waals surface area contributed by atoms with Crippen LogP contribution in [0.15, 0.2) is 237 Å². The molecule has 11 aromatic carbocycles. The minimum Gasteiger partial charge on any atom is -0.309 e. The smallest absolute Gasteiger partial charge is 0.0541 e. The van der Waals surface area contributed by atoms with E-state index >= 15 is 0 Å². The lowest BCUT2D eigenvalue weighted by Crippen LogP contribution is -1.97. The number of thiophene rings is 1. The number of hydrogen-bond donors (Lipinski definition) is 0. The molecule has 0 saturated carbocycles. The molecular weight excluding hydrogens is 791 g/mol. The Morgan fingerprint density at radius 1 is 0.266 bits per heavy atom. The molecule has 0 radical (unpaired) electrons. The van der Waals surface area contributed by atoms with Crippen LogP contribution in [-0.2, 0) is 0 Å². The highest BCUT2D eigenvalue weighted by Crippen LogP contribution is 2.49. The number of rotatable bonds is 6. The molecule has 13 rings (SSSR count). The number of nitrogens with zero attached hydrogens (tertiary/aromatic N) is 1. The van der Waals surface area contributed by atoms with Crippen molar-refractivity contribution >= 4 is 74.9 Å². The summed E-state index contributed by atoms with van der Waals surface area (Å²) in [4.78, 5) is 0. The number of fused-ring (bicyclic) bond motifs is 8. The van der Waals surface area contributed by atoms with Gasteiger partial charge in [-0.15, -0.1) is 11.3 Å². The van der Waals surface area contributed by atoms with E-state index in [1.165, 1.54) is 119 Å².